The highest BCUT2D eigenvalue weighted by Crippen LogP contribution is 2.29. The number of carbonyl (C=O) groups excluding carboxylic acids is 1. The summed E-state index contributed by atoms with van der Waals surface area (Å²) in [4.78, 5) is 12.6. The Morgan fingerprint density at radius 2 is 1.97 bits per heavy atom. The van der Waals surface area contributed by atoms with Crippen molar-refractivity contribution in [2.75, 3.05) is 31.4 Å². The molecule has 1 atom stereocenters. The minimum atomic E-state index is -3.24. The highest BCUT2D eigenvalue weighted by atomic mass is 35.5. The first-order valence-corrected chi connectivity index (χ1v) is 12.3. The molecule has 3 rings (SSSR count). The Balaban J connectivity index is 1.45. The smallest absolute Gasteiger partial charge is 0.224 e. The van der Waals surface area contributed by atoms with Crippen molar-refractivity contribution in [2.45, 2.75) is 36.7 Å². The van der Waals surface area contributed by atoms with Crippen molar-refractivity contribution < 1.29 is 27.4 Å². The molecule has 31 heavy (non-hydrogen) atoms. The van der Waals surface area contributed by atoms with Gasteiger partial charge in [-0.25, -0.2) is 8.42 Å². The van der Waals surface area contributed by atoms with Crippen LogP contribution in [0.5, 0.6) is 11.5 Å². The van der Waals surface area contributed by atoms with Crippen LogP contribution in [0.3, 0.4) is 0 Å². The van der Waals surface area contributed by atoms with E-state index in [4.69, 9.17) is 25.8 Å². The van der Waals surface area contributed by atoms with Gasteiger partial charge in [0.1, 0.15) is 18.1 Å². The summed E-state index contributed by atoms with van der Waals surface area (Å²) < 4.78 is 39.9. The number of sulfone groups is 1. The molecule has 7 nitrogen and oxygen atoms in total. The second kappa shape index (κ2) is 10.8. The Kier molecular flexibility index (Phi) is 8.17. The van der Waals surface area contributed by atoms with Crippen molar-refractivity contribution in [1.29, 1.82) is 0 Å². The largest absolute Gasteiger partial charge is 0.494 e. The van der Waals surface area contributed by atoms with Gasteiger partial charge in [0, 0.05) is 24.3 Å². The van der Waals surface area contributed by atoms with Crippen LogP contribution in [0.2, 0.25) is 5.02 Å². The number of halogens is 1. The number of anilines is 1. The Morgan fingerprint density at radius 3 is 2.65 bits per heavy atom. The summed E-state index contributed by atoms with van der Waals surface area (Å²) in [6.07, 6.45) is 3.96. The highest BCUT2D eigenvalue weighted by Gasteiger charge is 2.17. The number of ether oxygens (including phenoxy) is 3. The summed E-state index contributed by atoms with van der Waals surface area (Å²) in [6, 6.07) is 11.3. The van der Waals surface area contributed by atoms with Crippen molar-refractivity contribution in [1.82, 2.24) is 0 Å². The summed E-state index contributed by atoms with van der Waals surface area (Å²) in [5, 5.41) is 3.34. The number of hydrogen-bond donors (Lipinski definition) is 1. The molecule has 1 N–H and O–H groups in total. The lowest BCUT2D eigenvalue weighted by atomic mass is 10.2. The van der Waals surface area contributed by atoms with Crippen molar-refractivity contribution in [2.24, 2.45) is 0 Å². The monoisotopic (exact) mass is 467 g/mol. The zero-order valence-corrected chi connectivity index (χ0v) is 18.9. The fourth-order valence-corrected chi connectivity index (χ4v) is 3.91. The van der Waals surface area contributed by atoms with Crippen molar-refractivity contribution >= 4 is 33.0 Å². The third kappa shape index (κ3) is 7.41. The summed E-state index contributed by atoms with van der Waals surface area (Å²) >= 11 is 6.07. The van der Waals surface area contributed by atoms with E-state index in [0.717, 1.165) is 25.7 Å². The number of benzene rings is 2. The van der Waals surface area contributed by atoms with Gasteiger partial charge in [0.15, 0.2) is 9.84 Å². The molecular formula is C22H26ClNO6S. The maximum atomic E-state index is 12.3. The standard InChI is InChI=1S/C22H26ClNO6S/c1-31(26,27)19-9-7-17(8-10-19)28-13-3-5-22(25)24-20-14-16(23)6-11-21(20)30-15-18-4-2-12-29-18/h6-11,14,18H,2-5,12-13,15H2,1H3,(H,24,25). The lowest BCUT2D eigenvalue weighted by Gasteiger charge is -2.15. The maximum Gasteiger partial charge on any atom is 0.224 e. The van der Waals surface area contributed by atoms with Gasteiger partial charge in [-0.1, -0.05) is 11.6 Å². The summed E-state index contributed by atoms with van der Waals surface area (Å²) in [5.74, 6) is 0.920. The number of amides is 1. The quantitative estimate of drug-likeness (QED) is 0.529. The van der Waals surface area contributed by atoms with E-state index in [1.54, 1.807) is 30.3 Å². The second-order valence-corrected chi connectivity index (χ2v) is 9.78. The van der Waals surface area contributed by atoms with E-state index in [0.29, 0.717) is 41.8 Å². The Bertz CT molecular complexity index is 988. The van der Waals surface area contributed by atoms with E-state index in [-0.39, 0.29) is 23.3 Å². The fraction of sp³-hybridized carbons (Fsp3) is 0.409. The average molecular weight is 468 g/mol. The number of hydrogen-bond acceptors (Lipinski definition) is 6. The molecule has 1 unspecified atom stereocenters. The van der Waals surface area contributed by atoms with Gasteiger partial charge >= 0.3 is 0 Å². The van der Waals surface area contributed by atoms with E-state index in [1.165, 1.54) is 12.1 Å². The molecular weight excluding hydrogens is 442 g/mol. The van der Waals surface area contributed by atoms with Gasteiger partial charge in [0.05, 0.1) is 23.3 Å². The minimum Gasteiger partial charge on any atom is -0.494 e. The third-order valence-electron chi connectivity index (χ3n) is 4.73. The topological polar surface area (TPSA) is 90.9 Å². The van der Waals surface area contributed by atoms with Gasteiger partial charge in [-0.3, -0.25) is 4.79 Å². The van der Waals surface area contributed by atoms with Crippen LogP contribution in [-0.2, 0) is 19.4 Å². The van der Waals surface area contributed by atoms with Crippen LogP contribution in [0.15, 0.2) is 47.4 Å². The zero-order chi connectivity index (χ0) is 22.3. The van der Waals surface area contributed by atoms with Crippen LogP contribution >= 0.6 is 11.6 Å². The molecule has 0 saturated carbocycles. The van der Waals surface area contributed by atoms with Gasteiger partial charge < -0.3 is 19.5 Å². The van der Waals surface area contributed by atoms with Crippen LogP contribution in [-0.4, -0.2) is 46.5 Å². The maximum absolute atomic E-state index is 12.3. The van der Waals surface area contributed by atoms with E-state index >= 15 is 0 Å². The Labute approximate surface area is 187 Å². The second-order valence-electron chi connectivity index (χ2n) is 7.33. The molecule has 2 aromatic rings. The molecule has 1 aliphatic heterocycles. The molecule has 168 valence electrons. The SMILES string of the molecule is CS(=O)(=O)c1ccc(OCCCC(=O)Nc2cc(Cl)ccc2OCC2CCCO2)cc1. The number of carbonyl (C=O) groups is 1. The first kappa shape index (κ1) is 23.4. The fourth-order valence-electron chi connectivity index (χ4n) is 3.10. The van der Waals surface area contributed by atoms with Crippen molar-refractivity contribution in [3.63, 3.8) is 0 Å². The molecule has 1 amide bonds. The van der Waals surface area contributed by atoms with E-state index in [2.05, 4.69) is 5.32 Å². The van der Waals surface area contributed by atoms with Gasteiger partial charge in [0.25, 0.3) is 0 Å². The minimum absolute atomic E-state index is 0.0721. The number of nitrogens with one attached hydrogen (secondary N) is 1. The molecule has 0 aromatic heterocycles. The van der Waals surface area contributed by atoms with E-state index in [9.17, 15) is 13.2 Å². The van der Waals surface area contributed by atoms with Gasteiger partial charge in [-0.05, 0) is 61.7 Å². The predicted octanol–water partition coefficient (Wildman–Crippen LogP) is 4.10. The summed E-state index contributed by atoms with van der Waals surface area (Å²) in [5.41, 5.74) is 0.521. The van der Waals surface area contributed by atoms with Crippen LogP contribution in [0.25, 0.3) is 0 Å². The Hall–Kier alpha value is -2.29. The molecule has 1 saturated heterocycles. The van der Waals surface area contributed by atoms with Crippen molar-refractivity contribution in [3.8, 4) is 11.5 Å². The molecule has 0 spiro atoms. The predicted molar refractivity (Wildman–Crippen MR) is 119 cm³/mol. The van der Waals surface area contributed by atoms with Gasteiger partial charge in [0.2, 0.25) is 5.91 Å². The first-order valence-electron chi connectivity index (χ1n) is 10.1. The molecule has 1 fully saturated rings. The zero-order valence-electron chi connectivity index (χ0n) is 17.3. The molecule has 1 heterocycles. The molecule has 2 aromatic carbocycles. The lowest BCUT2D eigenvalue weighted by Crippen LogP contribution is -2.18. The van der Waals surface area contributed by atoms with E-state index in [1.807, 2.05) is 0 Å². The molecule has 0 bridgehead atoms. The van der Waals surface area contributed by atoms with Crippen LogP contribution in [0, 0.1) is 0 Å². The van der Waals surface area contributed by atoms with Gasteiger partial charge in [-0.15, -0.1) is 0 Å². The molecule has 0 radical (unpaired) electrons. The van der Waals surface area contributed by atoms with Crippen molar-refractivity contribution in [3.05, 3.63) is 47.5 Å². The van der Waals surface area contributed by atoms with Crippen LogP contribution < -0.4 is 14.8 Å². The van der Waals surface area contributed by atoms with Gasteiger partial charge in [-0.2, -0.15) is 0 Å². The first-order chi connectivity index (χ1) is 14.8. The normalized spacial score (nSPS) is 16.1. The van der Waals surface area contributed by atoms with Crippen LogP contribution in [0.1, 0.15) is 25.7 Å². The summed E-state index contributed by atoms with van der Waals surface area (Å²) in [7, 11) is -3.24. The molecule has 9 heteroatoms. The van der Waals surface area contributed by atoms with Crippen LogP contribution in [0.4, 0.5) is 5.69 Å². The molecule has 1 aliphatic rings. The number of rotatable bonds is 10. The average Bonchev–Trinajstić information content (AvgIpc) is 3.24. The summed E-state index contributed by atoms with van der Waals surface area (Å²) in [6.45, 7) is 1.50. The highest BCUT2D eigenvalue weighted by molar-refractivity contribution is 7.90. The van der Waals surface area contributed by atoms with E-state index < -0.39 is 9.84 Å². The molecule has 0 aliphatic carbocycles. The lowest BCUT2D eigenvalue weighted by molar-refractivity contribution is -0.116. The Morgan fingerprint density at radius 1 is 1.19 bits per heavy atom. The third-order valence-corrected chi connectivity index (χ3v) is 6.10.